The molecule has 8 nitrogen and oxygen atoms in total. The van der Waals surface area contributed by atoms with Crippen LogP contribution in [0.2, 0.25) is 5.02 Å². The number of aromatic nitrogens is 2. The molecule has 0 bridgehead atoms. The molecule has 0 unspecified atom stereocenters. The van der Waals surface area contributed by atoms with Gasteiger partial charge in [-0.3, -0.25) is 14.5 Å². The summed E-state index contributed by atoms with van der Waals surface area (Å²) in [6, 6.07) is 4.96. The fourth-order valence-electron chi connectivity index (χ4n) is 3.24. The van der Waals surface area contributed by atoms with Gasteiger partial charge in [0.15, 0.2) is 5.82 Å². The lowest BCUT2D eigenvalue weighted by molar-refractivity contribution is -0.137. The molecule has 1 aromatic carbocycles. The van der Waals surface area contributed by atoms with Gasteiger partial charge in [-0.1, -0.05) is 17.7 Å². The highest BCUT2D eigenvalue weighted by molar-refractivity contribution is 6.34. The highest BCUT2D eigenvalue weighted by Crippen LogP contribution is 2.36. The van der Waals surface area contributed by atoms with Crippen molar-refractivity contribution < 1.29 is 22.7 Å². The van der Waals surface area contributed by atoms with E-state index in [4.69, 9.17) is 27.9 Å². The van der Waals surface area contributed by atoms with E-state index in [0.717, 1.165) is 12.1 Å². The Kier molecular flexibility index (Phi) is 6.77. The molecule has 3 rings (SSSR count). The topological polar surface area (TPSA) is 103 Å². The number of carbonyl (C=O) groups is 1. The molecule has 0 aliphatic carbocycles. The summed E-state index contributed by atoms with van der Waals surface area (Å²) in [6.07, 6.45) is -2.61. The van der Waals surface area contributed by atoms with Crippen molar-refractivity contribution in [1.82, 2.24) is 14.7 Å². The highest BCUT2D eigenvalue weighted by Gasteiger charge is 2.35. The van der Waals surface area contributed by atoms with Crippen LogP contribution in [0.15, 0.2) is 41.9 Å². The van der Waals surface area contributed by atoms with Gasteiger partial charge in [0.1, 0.15) is 0 Å². The summed E-state index contributed by atoms with van der Waals surface area (Å²) >= 11 is 5.88. The van der Waals surface area contributed by atoms with E-state index < -0.39 is 22.7 Å². The number of hydrogen-bond acceptors (Lipinski definition) is 6. The predicted molar refractivity (Wildman–Crippen MR) is 109 cm³/mol. The largest absolute Gasteiger partial charge is 0.417 e. The Bertz CT molecular complexity index is 991. The lowest BCUT2D eigenvalue weighted by atomic mass is 10.1. The number of carbonyl (C=O) groups excluding carboxylic acids is 1. The van der Waals surface area contributed by atoms with Crippen LogP contribution < -0.4 is 16.6 Å². The number of anilines is 1. The third-order valence-electron chi connectivity index (χ3n) is 4.86. The summed E-state index contributed by atoms with van der Waals surface area (Å²) in [6.45, 7) is 1.25. The molecule has 31 heavy (non-hydrogen) atoms. The second kappa shape index (κ2) is 9.16. The van der Waals surface area contributed by atoms with Crippen molar-refractivity contribution in [2.24, 2.45) is 11.6 Å². The lowest BCUT2D eigenvalue weighted by Crippen LogP contribution is -2.44. The van der Waals surface area contributed by atoms with Gasteiger partial charge in [0.05, 0.1) is 41.5 Å². The molecular weight excluding hydrogens is 437 g/mol. The summed E-state index contributed by atoms with van der Waals surface area (Å²) in [5.41, 5.74) is 5.76. The Morgan fingerprint density at radius 1 is 1.35 bits per heavy atom. The first kappa shape index (κ1) is 22.9. The maximum atomic E-state index is 13.1. The van der Waals surface area contributed by atoms with Crippen LogP contribution in [-0.2, 0) is 17.5 Å². The number of benzene rings is 1. The fourth-order valence-corrected chi connectivity index (χ4v) is 3.55. The number of alkyl halides is 3. The molecular formula is C19H22ClF3N6O2. The Balaban J connectivity index is 1.76. The second-order valence-electron chi connectivity index (χ2n) is 6.91. The number of hydrazine groups is 1. The number of rotatable bonds is 6. The fraction of sp³-hybridized carbons (Fsp3) is 0.368. The molecule has 2 heterocycles. The van der Waals surface area contributed by atoms with Crippen LogP contribution in [0.4, 0.5) is 19.0 Å². The number of nitrogens with two attached hydrogens (primary N) is 2. The summed E-state index contributed by atoms with van der Waals surface area (Å²) in [4.78, 5) is 14.2. The average molecular weight is 459 g/mol. The van der Waals surface area contributed by atoms with Crippen molar-refractivity contribution >= 4 is 23.3 Å². The highest BCUT2D eigenvalue weighted by atomic mass is 35.5. The zero-order valence-electron chi connectivity index (χ0n) is 16.7. The lowest BCUT2D eigenvalue weighted by Gasteiger charge is -2.32. The van der Waals surface area contributed by atoms with E-state index in [2.05, 4.69) is 5.10 Å². The minimum Gasteiger partial charge on any atom is -0.399 e. The number of methoxy groups -OCH3 is 1. The first-order chi connectivity index (χ1) is 14.6. The van der Waals surface area contributed by atoms with E-state index in [9.17, 15) is 18.0 Å². The molecule has 12 heteroatoms. The van der Waals surface area contributed by atoms with E-state index in [-0.39, 0.29) is 18.7 Å². The van der Waals surface area contributed by atoms with Gasteiger partial charge in [0, 0.05) is 38.0 Å². The third-order valence-corrected chi connectivity index (χ3v) is 5.27. The molecule has 0 saturated heterocycles. The molecule has 1 aromatic heterocycles. The van der Waals surface area contributed by atoms with Gasteiger partial charge in [-0.15, -0.1) is 0 Å². The van der Waals surface area contributed by atoms with Crippen molar-refractivity contribution in [3.63, 3.8) is 0 Å². The van der Waals surface area contributed by atoms with Gasteiger partial charge >= 0.3 is 6.18 Å². The normalized spacial score (nSPS) is 14.8. The van der Waals surface area contributed by atoms with E-state index in [1.807, 2.05) is 0 Å². The van der Waals surface area contributed by atoms with Crippen molar-refractivity contribution in [3.8, 4) is 0 Å². The van der Waals surface area contributed by atoms with E-state index in [1.54, 1.807) is 24.1 Å². The number of ether oxygens (including phenoxy) is 1. The van der Waals surface area contributed by atoms with Gasteiger partial charge in [-0.25, -0.2) is 5.84 Å². The molecule has 168 valence electrons. The third kappa shape index (κ3) is 4.94. The quantitative estimate of drug-likeness (QED) is 0.509. The molecule has 1 amide bonds. The average Bonchev–Trinajstić information content (AvgIpc) is 3.19. The number of amides is 1. The summed E-state index contributed by atoms with van der Waals surface area (Å²) < 4.78 is 46.0. The molecule has 0 saturated carbocycles. The van der Waals surface area contributed by atoms with Crippen molar-refractivity contribution in [2.75, 3.05) is 31.8 Å². The molecule has 0 spiro atoms. The van der Waals surface area contributed by atoms with E-state index in [1.165, 1.54) is 16.0 Å². The van der Waals surface area contributed by atoms with Crippen LogP contribution in [0.25, 0.3) is 0 Å². The molecule has 1 aliphatic rings. The van der Waals surface area contributed by atoms with Gasteiger partial charge in [-0.05, 0) is 12.1 Å². The molecule has 0 radical (unpaired) electrons. The summed E-state index contributed by atoms with van der Waals surface area (Å²) in [5.74, 6) is 6.00. The van der Waals surface area contributed by atoms with E-state index in [0.29, 0.717) is 36.8 Å². The van der Waals surface area contributed by atoms with Crippen molar-refractivity contribution in [1.29, 1.82) is 0 Å². The number of halogens is 4. The Morgan fingerprint density at radius 3 is 2.74 bits per heavy atom. The Hall–Kier alpha value is -2.76. The Labute approximate surface area is 181 Å². The van der Waals surface area contributed by atoms with Crippen LogP contribution in [0, 0.1) is 0 Å². The first-order valence-corrected chi connectivity index (χ1v) is 9.71. The second-order valence-corrected chi connectivity index (χ2v) is 7.29. The molecule has 0 fully saturated rings. The standard InChI is InChI=1S/C19H22ClF3N6O2/c1-31-10-9-28-8-6-16(26-28)29(25)15-5-7-27(11-14(15)24)18(30)12-3-2-4-13(17(12)20)19(21,22)23/h2-4,6,8H,5,7,9-11,24-25H2,1H3. The van der Waals surface area contributed by atoms with Crippen molar-refractivity contribution in [3.05, 3.63) is 58.0 Å². The zero-order chi connectivity index (χ0) is 22.8. The van der Waals surface area contributed by atoms with Crippen LogP contribution in [0.1, 0.15) is 22.3 Å². The molecule has 0 atom stereocenters. The zero-order valence-corrected chi connectivity index (χ0v) is 17.5. The summed E-state index contributed by atoms with van der Waals surface area (Å²) in [7, 11) is 1.59. The monoisotopic (exact) mass is 458 g/mol. The number of hydrogen-bond donors (Lipinski definition) is 2. The minimum absolute atomic E-state index is 0.00117. The van der Waals surface area contributed by atoms with Gasteiger partial charge in [-0.2, -0.15) is 18.3 Å². The molecule has 4 N–H and O–H groups in total. The Morgan fingerprint density at radius 2 is 2.10 bits per heavy atom. The maximum Gasteiger partial charge on any atom is 0.417 e. The predicted octanol–water partition coefficient (Wildman–Crippen LogP) is 2.60. The van der Waals surface area contributed by atoms with Crippen molar-refractivity contribution in [2.45, 2.75) is 19.1 Å². The van der Waals surface area contributed by atoms with Crippen LogP contribution in [0.3, 0.4) is 0 Å². The molecule has 2 aromatic rings. The van der Waals surface area contributed by atoms with Crippen LogP contribution in [-0.4, -0.2) is 47.4 Å². The smallest absolute Gasteiger partial charge is 0.399 e. The van der Waals surface area contributed by atoms with Gasteiger partial charge < -0.3 is 15.4 Å². The van der Waals surface area contributed by atoms with E-state index >= 15 is 0 Å². The van der Waals surface area contributed by atoms with Gasteiger partial charge in [0.2, 0.25) is 0 Å². The summed E-state index contributed by atoms with van der Waals surface area (Å²) in [5, 5.41) is 5.06. The van der Waals surface area contributed by atoms with Crippen LogP contribution >= 0.6 is 11.6 Å². The SMILES string of the molecule is COCCn1ccc(N(N)C2=C(N)CN(C(=O)c3cccc(C(F)(F)F)c3Cl)CC2)n1. The first-order valence-electron chi connectivity index (χ1n) is 9.33. The maximum absolute atomic E-state index is 13.1. The van der Waals surface area contributed by atoms with Gasteiger partial charge in [0.25, 0.3) is 5.91 Å². The minimum atomic E-state index is -4.66. The number of nitrogens with zero attached hydrogens (tertiary/aromatic N) is 4. The van der Waals surface area contributed by atoms with Crippen LogP contribution in [0.5, 0.6) is 0 Å². The molecule has 1 aliphatic heterocycles.